The normalized spacial score (nSPS) is 18.0. The molecule has 24 heavy (non-hydrogen) atoms. The number of nitro groups is 1. The highest BCUT2D eigenvalue weighted by atomic mass is 16.7. The van der Waals surface area contributed by atoms with E-state index < -0.39 is 4.92 Å². The fraction of sp³-hybridized carbons (Fsp3) is 0.400. The lowest BCUT2D eigenvalue weighted by atomic mass is 10.1. The zero-order chi connectivity index (χ0) is 17.1. The van der Waals surface area contributed by atoms with Gasteiger partial charge in [0.1, 0.15) is 0 Å². The van der Waals surface area contributed by atoms with Crippen molar-refractivity contribution in [1.82, 2.24) is 10.4 Å². The summed E-state index contributed by atoms with van der Waals surface area (Å²) in [4.78, 5) is 24.1. The Morgan fingerprint density at radius 3 is 2.67 bits per heavy atom. The van der Waals surface area contributed by atoms with Gasteiger partial charge in [0.05, 0.1) is 49.8 Å². The number of amides is 1. The van der Waals surface area contributed by atoms with Crippen LogP contribution in [0, 0.1) is 10.1 Å². The van der Waals surface area contributed by atoms with Crippen molar-refractivity contribution in [2.75, 3.05) is 40.0 Å². The first kappa shape index (κ1) is 16.2. The molecule has 0 bridgehead atoms. The highest BCUT2D eigenvalue weighted by Gasteiger charge is 2.22. The van der Waals surface area contributed by atoms with E-state index in [1.165, 1.54) is 29.2 Å². The van der Waals surface area contributed by atoms with Crippen molar-refractivity contribution in [3.8, 4) is 11.5 Å². The fourth-order valence-electron chi connectivity index (χ4n) is 2.60. The Hall–Kier alpha value is -2.65. The molecule has 1 amide bonds. The summed E-state index contributed by atoms with van der Waals surface area (Å²) in [6.45, 7) is 3.49. The van der Waals surface area contributed by atoms with Crippen LogP contribution in [0.3, 0.4) is 0 Å². The molecule has 2 N–H and O–H groups in total. The van der Waals surface area contributed by atoms with Gasteiger partial charge >= 0.3 is 0 Å². The number of quaternary nitrogens is 1. The first-order valence-corrected chi connectivity index (χ1v) is 7.66. The third-order valence-electron chi connectivity index (χ3n) is 4.02. The Morgan fingerprint density at radius 2 is 2.00 bits per heavy atom. The van der Waals surface area contributed by atoms with Crippen molar-refractivity contribution in [2.45, 2.75) is 0 Å². The van der Waals surface area contributed by atoms with Crippen LogP contribution in [0.1, 0.15) is 5.56 Å². The number of piperazine rings is 1. The highest BCUT2D eigenvalue weighted by molar-refractivity contribution is 5.92. The molecule has 0 atom stereocenters. The summed E-state index contributed by atoms with van der Waals surface area (Å²) in [6, 6.07) is 2.81. The minimum Gasteiger partial charge on any atom is -0.454 e. The number of hydrazine groups is 1. The first-order chi connectivity index (χ1) is 11.5. The lowest BCUT2D eigenvalue weighted by molar-refractivity contribution is -0.884. The van der Waals surface area contributed by atoms with Gasteiger partial charge in [-0.25, -0.2) is 5.01 Å². The van der Waals surface area contributed by atoms with E-state index in [2.05, 4.69) is 12.5 Å². The van der Waals surface area contributed by atoms with Gasteiger partial charge in [-0.15, -0.1) is 0 Å². The molecule has 0 aromatic heterocycles. The van der Waals surface area contributed by atoms with Gasteiger partial charge in [0.15, 0.2) is 11.5 Å². The quantitative estimate of drug-likeness (QED) is 0.425. The molecule has 9 heteroatoms. The van der Waals surface area contributed by atoms with Gasteiger partial charge in [-0.3, -0.25) is 20.3 Å². The minimum absolute atomic E-state index is 0.0333. The second-order valence-electron chi connectivity index (χ2n) is 5.77. The maximum Gasteiger partial charge on any atom is 0.280 e. The van der Waals surface area contributed by atoms with Gasteiger partial charge in [-0.1, -0.05) is 0 Å². The number of nitro benzene ring substituents is 1. The highest BCUT2D eigenvalue weighted by Crippen LogP contribution is 2.38. The molecule has 1 aromatic carbocycles. The topological polar surface area (TPSA) is 98.4 Å². The molecule has 0 aliphatic carbocycles. The van der Waals surface area contributed by atoms with Crippen LogP contribution in [0.5, 0.6) is 11.5 Å². The Labute approximate surface area is 138 Å². The standard InChI is InChI=1S/C15H18N4O5/c1-17-4-6-18(7-5-17)16-15(20)3-2-11-8-13-14(24-10-23-13)9-12(11)19(21)22/h2-3,8-9H,4-7,10H2,1H3,(H,16,20)/p+1/b3-2+. The fourth-order valence-corrected chi connectivity index (χ4v) is 2.60. The average molecular weight is 335 g/mol. The van der Waals surface area contributed by atoms with Crippen LogP contribution < -0.4 is 19.8 Å². The van der Waals surface area contributed by atoms with Gasteiger partial charge in [-0.2, -0.15) is 0 Å². The Morgan fingerprint density at radius 1 is 1.33 bits per heavy atom. The van der Waals surface area contributed by atoms with Crippen LogP contribution in [-0.2, 0) is 4.79 Å². The number of nitrogens with zero attached hydrogens (tertiary/aromatic N) is 2. The molecular formula is C15H19N4O5+. The Kier molecular flexibility index (Phi) is 4.63. The SMILES string of the molecule is C[NH+]1CCN(NC(=O)/C=C/c2cc3c(cc2[N+](=O)[O-])OCO3)CC1. The second kappa shape index (κ2) is 6.85. The van der Waals surface area contributed by atoms with Crippen molar-refractivity contribution in [3.63, 3.8) is 0 Å². The Balaban J connectivity index is 1.69. The van der Waals surface area contributed by atoms with Crippen LogP contribution in [0.25, 0.3) is 6.08 Å². The number of hydrogen-bond donors (Lipinski definition) is 2. The summed E-state index contributed by atoms with van der Waals surface area (Å²) in [5.74, 6) is 0.451. The van der Waals surface area contributed by atoms with E-state index in [0.29, 0.717) is 17.1 Å². The molecular weight excluding hydrogens is 316 g/mol. The van der Waals surface area contributed by atoms with E-state index in [1.54, 1.807) is 0 Å². The molecule has 0 saturated carbocycles. The lowest BCUT2D eigenvalue weighted by Gasteiger charge is -2.29. The number of carbonyl (C=O) groups excluding carboxylic acids is 1. The maximum absolute atomic E-state index is 12.0. The number of nitrogens with one attached hydrogen (secondary N) is 2. The minimum atomic E-state index is -0.511. The van der Waals surface area contributed by atoms with Crippen LogP contribution in [-0.4, -0.2) is 55.9 Å². The number of ether oxygens (including phenoxy) is 2. The predicted octanol–water partition coefficient (Wildman–Crippen LogP) is -0.802. The van der Waals surface area contributed by atoms with E-state index in [0.717, 1.165) is 26.2 Å². The summed E-state index contributed by atoms with van der Waals surface area (Å²) in [5.41, 5.74) is 2.94. The van der Waals surface area contributed by atoms with Crippen LogP contribution in [0.15, 0.2) is 18.2 Å². The average Bonchev–Trinajstić information content (AvgIpc) is 3.01. The van der Waals surface area contributed by atoms with Gasteiger partial charge in [-0.05, 0) is 12.1 Å². The van der Waals surface area contributed by atoms with Crippen molar-refractivity contribution in [3.05, 3.63) is 33.9 Å². The van der Waals surface area contributed by atoms with Crippen LogP contribution >= 0.6 is 0 Å². The molecule has 0 radical (unpaired) electrons. The first-order valence-electron chi connectivity index (χ1n) is 7.66. The van der Waals surface area contributed by atoms with Crippen LogP contribution in [0.2, 0.25) is 0 Å². The maximum atomic E-state index is 12.0. The largest absolute Gasteiger partial charge is 0.454 e. The molecule has 1 saturated heterocycles. The van der Waals surface area contributed by atoms with Crippen molar-refractivity contribution < 1.29 is 24.1 Å². The summed E-state index contributed by atoms with van der Waals surface area (Å²) in [5, 5.41) is 13.0. The van der Waals surface area contributed by atoms with Crippen molar-refractivity contribution in [1.29, 1.82) is 0 Å². The monoisotopic (exact) mass is 335 g/mol. The number of fused-ring (bicyclic) bond motifs is 1. The summed E-state index contributed by atoms with van der Waals surface area (Å²) in [6.07, 6.45) is 2.70. The molecule has 1 fully saturated rings. The van der Waals surface area contributed by atoms with E-state index in [4.69, 9.17) is 9.47 Å². The molecule has 0 unspecified atom stereocenters. The zero-order valence-corrected chi connectivity index (χ0v) is 13.3. The number of carbonyl (C=O) groups is 1. The van der Waals surface area contributed by atoms with E-state index in [9.17, 15) is 14.9 Å². The molecule has 2 heterocycles. The van der Waals surface area contributed by atoms with E-state index >= 15 is 0 Å². The van der Waals surface area contributed by atoms with Crippen molar-refractivity contribution >= 4 is 17.7 Å². The molecule has 1 aromatic rings. The molecule has 9 nitrogen and oxygen atoms in total. The molecule has 128 valence electrons. The van der Waals surface area contributed by atoms with Gasteiger partial charge in [0, 0.05) is 6.08 Å². The molecule has 2 aliphatic heterocycles. The second-order valence-corrected chi connectivity index (χ2v) is 5.77. The van der Waals surface area contributed by atoms with Gasteiger partial charge < -0.3 is 14.4 Å². The van der Waals surface area contributed by atoms with E-state index in [-0.39, 0.29) is 18.4 Å². The number of likely N-dealkylation sites (N-methyl/N-ethyl adjacent to an activating group) is 1. The van der Waals surface area contributed by atoms with E-state index in [1.807, 2.05) is 5.01 Å². The summed E-state index contributed by atoms with van der Waals surface area (Å²) >= 11 is 0. The lowest BCUT2D eigenvalue weighted by Crippen LogP contribution is -3.12. The van der Waals surface area contributed by atoms with Crippen LogP contribution in [0.4, 0.5) is 5.69 Å². The number of benzene rings is 1. The molecule has 2 aliphatic rings. The van der Waals surface area contributed by atoms with Crippen molar-refractivity contribution in [2.24, 2.45) is 0 Å². The third-order valence-corrected chi connectivity index (χ3v) is 4.02. The van der Waals surface area contributed by atoms with Gasteiger partial charge in [0.2, 0.25) is 6.79 Å². The third kappa shape index (κ3) is 3.63. The zero-order valence-electron chi connectivity index (χ0n) is 13.3. The smallest absolute Gasteiger partial charge is 0.280 e. The summed E-state index contributed by atoms with van der Waals surface area (Å²) in [7, 11) is 2.11. The number of rotatable bonds is 4. The van der Waals surface area contributed by atoms with Gasteiger partial charge in [0.25, 0.3) is 11.6 Å². The summed E-state index contributed by atoms with van der Waals surface area (Å²) < 4.78 is 10.4. The molecule has 3 rings (SSSR count). The molecule has 0 spiro atoms. The number of hydrogen-bond acceptors (Lipinski definition) is 6. The Bertz CT molecular complexity index is 683. The predicted molar refractivity (Wildman–Crippen MR) is 84.6 cm³/mol.